The number of nitrogens with zero attached hydrogens (tertiary/aromatic N) is 1. The topological polar surface area (TPSA) is 49.4 Å². The summed E-state index contributed by atoms with van der Waals surface area (Å²) in [6.07, 6.45) is 0.837. The molecule has 1 atom stereocenters. The van der Waals surface area contributed by atoms with Crippen LogP contribution in [-0.4, -0.2) is 29.3 Å². The Morgan fingerprint density at radius 1 is 0.952 bits per heavy atom. The normalized spacial score (nSPS) is 19.4. The molecular weight excluding hydrogens is 264 g/mol. The van der Waals surface area contributed by atoms with Crippen LogP contribution in [0.15, 0.2) is 48.5 Å². The van der Waals surface area contributed by atoms with Gasteiger partial charge in [-0.25, -0.2) is 0 Å². The monoisotopic (exact) mass is 278 g/mol. The summed E-state index contributed by atoms with van der Waals surface area (Å²) in [5.74, 6) is -0.373. The summed E-state index contributed by atoms with van der Waals surface area (Å²) < 4.78 is 0. The van der Waals surface area contributed by atoms with E-state index in [1.165, 1.54) is 10.5 Å². The smallest absolute Gasteiger partial charge is 0.261 e. The summed E-state index contributed by atoms with van der Waals surface area (Å²) in [6, 6.07) is 15.2. The van der Waals surface area contributed by atoms with Crippen LogP contribution >= 0.6 is 0 Å². The third kappa shape index (κ3) is 1.83. The molecule has 2 aromatic carbocycles. The van der Waals surface area contributed by atoms with Crippen LogP contribution in [0.3, 0.4) is 0 Å². The molecule has 1 unspecified atom stereocenters. The van der Waals surface area contributed by atoms with E-state index in [9.17, 15) is 9.59 Å². The van der Waals surface area contributed by atoms with Gasteiger partial charge in [-0.3, -0.25) is 14.5 Å². The van der Waals surface area contributed by atoms with Crippen molar-refractivity contribution in [3.63, 3.8) is 0 Å². The molecule has 104 valence electrons. The maximum atomic E-state index is 12.3. The van der Waals surface area contributed by atoms with Crippen molar-refractivity contribution in [3.05, 3.63) is 65.2 Å². The van der Waals surface area contributed by atoms with Gasteiger partial charge in [0.05, 0.1) is 11.1 Å². The van der Waals surface area contributed by atoms with Gasteiger partial charge in [-0.15, -0.1) is 0 Å². The van der Waals surface area contributed by atoms with Crippen molar-refractivity contribution in [1.29, 1.82) is 0 Å². The Kier molecular flexibility index (Phi) is 2.57. The molecular formula is C17H14N2O2. The van der Waals surface area contributed by atoms with Crippen molar-refractivity contribution in [2.24, 2.45) is 0 Å². The summed E-state index contributed by atoms with van der Waals surface area (Å²) >= 11 is 0. The molecule has 0 fully saturated rings. The van der Waals surface area contributed by atoms with Crippen molar-refractivity contribution in [2.75, 3.05) is 11.9 Å². The number of carbonyl (C=O) groups is 2. The molecule has 0 aromatic heterocycles. The lowest BCUT2D eigenvalue weighted by Gasteiger charge is -2.19. The lowest BCUT2D eigenvalue weighted by atomic mass is 10.1. The van der Waals surface area contributed by atoms with Gasteiger partial charge in [-0.2, -0.15) is 0 Å². The SMILES string of the molecule is O=C1c2ccccc2C(=O)N1CC1Cc2ccccc2N1. The number of fused-ring (bicyclic) bond motifs is 2. The van der Waals surface area contributed by atoms with Crippen LogP contribution in [0.2, 0.25) is 0 Å². The predicted molar refractivity (Wildman–Crippen MR) is 79.4 cm³/mol. The van der Waals surface area contributed by atoms with Gasteiger partial charge in [0, 0.05) is 18.3 Å². The fraction of sp³-hybridized carbons (Fsp3) is 0.176. The fourth-order valence-electron chi connectivity index (χ4n) is 3.11. The molecule has 2 amide bonds. The van der Waals surface area contributed by atoms with Crippen molar-refractivity contribution in [3.8, 4) is 0 Å². The average Bonchev–Trinajstić information content (AvgIpc) is 3.02. The minimum Gasteiger partial charge on any atom is -0.380 e. The van der Waals surface area contributed by atoms with E-state index in [2.05, 4.69) is 11.4 Å². The second-order valence-electron chi connectivity index (χ2n) is 5.47. The van der Waals surface area contributed by atoms with Crippen LogP contribution < -0.4 is 5.32 Å². The molecule has 0 bridgehead atoms. The minimum atomic E-state index is -0.187. The molecule has 2 aliphatic heterocycles. The molecule has 0 aliphatic carbocycles. The molecule has 0 saturated carbocycles. The highest BCUT2D eigenvalue weighted by molar-refractivity contribution is 6.21. The van der Waals surface area contributed by atoms with E-state index in [0.29, 0.717) is 17.7 Å². The molecule has 2 aliphatic rings. The zero-order valence-corrected chi connectivity index (χ0v) is 11.4. The van der Waals surface area contributed by atoms with Crippen molar-refractivity contribution in [2.45, 2.75) is 12.5 Å². The second-order valence-corrected chi connectivity index (χ2v) is 5.47. The summed E-state index contributed by atoms with van der Waals surface area (Å²) in [5, 5.41) is 3.38. The first-order valence-corrected chi connectivity index (χ1v) is 7.04. The van der Waals surface area contributed by atoms with E-state index >= 15 is 0 Å². The quantitative estimate of drug-likeness (QED) is 0.858. The standard InChI is InChI=1S/C17H14N2O2/c20-16-13-6-2-3-7-14(13)17(21)19(16)10-12-9-11-5-1-4-8-15(11)18-12/h1-8,12,18H,9-10H2. The Bertz CT molecular complexity index is 694. The van der Waals surface area contributed by atoms with Crippen LogP contribution in [0.1, 0.15) is 26.3 Å². The van der Waals surface area contributed by atoms with E-state index in [1.807, 2.05) is 18.2 Å². The van der Waals surface area contributed by atoms with Crippen LogP contribution in [0, 0.1) is 0 Å². The minimum absolute atomic E-state index is 0.0876. The zero-order chi connectivity index (χ0) is 14.4. The maximum absolute atomic E-state index is 12.3. The third-order valence-corrected chi connectivity index (χ3v) is 4.12. The van der Waals surface area contributed by atoms with Gasteiger partial charge < -0.3 is 5.32 Å². The number of rotatable bonds is 2. The number of hydrogen-bond acceptors (Lipinski definition) is 3. The van der Waals surface area contributed by atoms with Gasteiger partial charge in [0.1, 0.15) is 0 Å². The Balaban J connectivity index is 1.55. The van der Waals surface area contributed by atoms with Crippen molar-refractivity contribution >= 4 is 17.5 Å². The Morgan fingerprint density at radius 3 is 2.24 bits per heavy atom. The first-order chi connectivity index (χ1) is 10.2. The molecule has 4 rings (SSSR count). The lowest BCUT2D eigenvalue weighted by Crippen LogP contribution is -2.39. The molecule has 0 saturated heterocycles. The maximum Gasteiger partial charge on any atom is 0.261 e. The van der Waals surface area contributed by atoms with E-state index in [0.717, 1.165) is 12.1 Å². The number of imide groups is 1. The molecule has 21 heavy (non-hydrogen) atoms. The van der Waals surface area contributed by atoms with Gasteiger partial charge >= 0.3 is 0 Å². The molecule has 4 heteroatoms. The van der Waals surface area contributed by atoms with Crippen LogP contribution in [0.4, 0.5) is 5.69 Å². The number of para-hydroxylation sites is 1. The largest absolute Gasteiger partial charge is 0.380 e. The Hall–Kier alpha value is -2.62. The Labute approximate surface area is 122 Å². The van der Waals surface area contributed by atoms with E-state index in [1.54, 1.807) is 24.3 Å². The van der Waals surface area contributed by atoms with Gasteiger partial charge in [-0.05, 0) is 30.2 Å². The van der Waals surface area contributed by atoms with Gasteiger partial charge in [0.15, 0.2) is 0 Å². The Morgan fingerprint density at radius 2 is 1.57 bits per heavy atom. The number of nitrogens with one attached hydrogen (secondary N) is 1. The number of anilines is 1. The zero-order valence-electron chi connectivity index (χ0n) is 11.4. The van der Waals surface area contributed by atoms with E-state index in [4.69, 9.17) is 0 Å². The first kappa shape index (κ1) is 12.1. The lowest BCUT2D eigenvalue weighted by molar-refractivity contribution is 0.0648. The molecule has 1 N–H and O–H groups in total. The highest BCUT2D eigenvalue weighted by Crippen LogP contribution is 2.28. The van der Waals surface area contributed by atoms with Crippen LogP contribution in [0.5, 0.6) is 0 Å². The highest BCUT2D eigenvalue weighted by atomic mass is 16.2. The van der Waals surface area contributed by atoms with E-state index < -0.39 is 0 Å². The predicted octanol–water partition coefficient (Wildman–Crippen LogP) is 2.32. The molecule has 2 heterocycles. The number of amides is 2. The molecule has 0 spiro atoms. The van der Waals surface area contributed by atoms with Crippen LogP contribution in [-0.2, 0) is 6.42 Å². The second kappa shape index (κ2) is 4.45. The highest BCUT2D eigenvalue weighted by Gasteiger charge is 2.37. The number of carbonyl (C=O) groups excluding carboxylic acids is 2. The summed E-state index contributed by atoms with van der Waals surface area (Å²) in [7, 11) is 0. The van der Waals surface area contributed by atoms with Crippen LogP contribution in [0.25, 0.3) is 0 Å². The molecule has 2 aromatic rings. The first-order valence-electron chi connectivity index (χ1n) is 7.04. The molecule has 0 radical (unpaired) electrons. The molecule has 4 nitrogen and oxygen atoms in total. The number of benzene rings is 2. The summed E-state index contributed by atoms with van der Waals surface area (Å²) in [4.78, 5) is 26.0. The van der Waals surface area contributed by atoms with Gasteiger partial charge in [-0.1, -0.05) is 30.3 Å². The van der Waals surface area contributed by atoms with Crippen molar-refractivity contribution in [1.82, 2.24) is 4.90 Å². The fourth-order valence-corrected chi connectivity index (χ4v) is 3.11. The third-order valence-electron chi connectivity index (χ3n) is 4.12. The van der Waals surface area contributed by atoms with Crippen molar-refractivity contribution < 1.29 is 9.59 Å². The van der Waals surface area contributed by atoms with E-state index in [-0.39, 0.29) is 17.9 Å². The summed E-state index contributed by atoms with van der Waals surface area (Å²) in [6.45, 7) is 0.404. The van der Waals surface area contributed by atoms with Gasteiger partial charge in [0.2, 0.25) is 0 Å². The average molecular weight is 278 g/mol. The van der Waals surface area contributed by atoms with Gasteiger partial charge in [0.25, 0.3) is 11.8 Å². The summed E-state index contributed by atoms with van der Waals surface area (Å²) in [5.41, 5.74) is 3.36. The number of hydrogen-bond donors (Lipinski definition) is 1.